The van der Waals surface area contributed by atoms with Gasteiger partial charge in [-0.2, -0.15) is 13.2 Å². The highest BCUT2D eigenvalue weighted by molar-refractivity contribution is 5.86. The van der Waals surface area contributed by atoms with Crippen LogP contribution in [-0.4, -0.2) is 16.1 Å². The maximum Gasteiger partial charge on any atom is 0.419 e. The minimum absolute atomic E-state index is 0.0364. The van der Waals surface area contributed by atoms with E-state index in [0.29, 0.717) is 6.07 Å². The summed E-state index contributed by atoms with van der Waals surface area (Å²) in [4.78, 5) is 14.7. The predicted molar refractivity (Wildman–Crippen MR) is 63.2 cm³/mol. The molecule has 0 unspecified atom stereocenters. The van der Waals surface area contributed by atoms with Gasteiger partial charge in [-0.3, -0.25) is 0 Å². The van der Waals surface area contributed by atoms with Crippen LogP contribution in [0, 0.1) is 5.82 Å². The third kappa shape index (κ3) is 2.74. The quantitative estimate of drug-likeness (QED) is 0.877. The number of aromatic nitrogens is 1. The Morgan fingerprint density at radius 1 is 1.38 bits per heavy atom. The SMILES string of the molecule is CCc1nc(-c2cccc(C(F)(F)F)c2F)oc1C(=O)O. The summed E-state index contributed by atoms with van der Waals surface area (Å²) in [7, 11) is 0. The molecule has 0 aliphatic carbocycles. The predicted octanol–water partition coefficient (Wildman–Crippen LogP) is 3.76. The van der Waals surface area contributed by atoms with Crippen molar-refractivity contribution in [1.29, 1.82) is 0 Å². The number of aryl methyl sites for hydroxylation is 1. The molecule has 4 nitrogen and oxygen atoms in total. The number of benzene rings is 1. The molecule has 0 saturated heterocycles. The van der Waals surface area contributed by atoms with E-state index in [1.807, 2.05) is 0 Å². The van der Waals surface area contributed by atoms with Gasteiger partial charge in [-0.25, -0.2) is 14.2 Å². The van der Waals surface area contributed by atoms with E-state index >= 15 is 0 Å². The van der Waals surface area contributed by atoms with Crippen molar-refractivity contribution in [2.45, 2.75) is 19.5 Å². The zero-order valence-electron chi connectivity index (χ0n) is 10.7. The second-order valence-electron chi connectivity index (χ2n) is 4.12. The third-order valence-electron chi connectivity index (χ3n) is 2.76. The molecular formula is C13H9F4NO3. The van der Waals surface area contributed by atoms with Crippen LogP contribution in [0.2, 0.25) is 0 Å². The summed E-state index contributed by atoms with van der Waals surface area (Å²) < 4.78 is 56.7. The molecule has 0 aliphatic rings. The number of oxazole rings is 1. The molecule has 0 saturated carbocycles. The van der Waals surface area contributed by atoms with Crippen molar-refractivity contribution >= 4 is 5.97 Å². The van der Waals surface area contributed by atoms with Gasteiger partial charge in [0.05, 0.1) is 16.8 Å². The summed E-state index contributed by atoms with van der Waals surface area (Å²) in [5.74, 6) is -3.97. The molecule has 1 N–H and O–H groups in total. The minimum Gasteiger partial charge on any atom is -0.475 e. The molecule has 0 radical (unpaired) electrons. The molecule has 0 fully saturated rings. The Bertz CT molecular complexity index is 691. The lowest BCUT2D eigenvalue weighted by Crippen LogP contribution is -2.08. The summed E-state index contributed by atoms with van der Waals surface area (Å²) in [5, 5.41) is 8.90. The van der Waals surface area contributed by atoms with E-state index < -0.39 is 40.7 Å². The van der Waals surface area contributed by atoms with Crippen LogP contribution in [-0.2, 0) is 12.6 Å². The molecule has 2 aromatic rings. The summed E-state index contributed by atoms with van der Waals surface area (Å²) >= 11 is 0. The number of rotatable bonds is 3. The minimum atomic E-state index is -4.87. The monoisotopic (exact) mass is 303 g/mol. The largest absolute Gasteiger partial charge is 0.475 e. The number of hydrogen-bond donors (Lipinski definition) is 1. The van der Waals surface area contributed by atoms with Gasteiger partial charge in [-0.05, 0) is 18.6 Å². The van der Waals surface area contributed by atoms with Gasteiger partial charge in [0, 0.05) is 0 Å². The highest BCUT2D eigenvalue weighted by Crippen LogP contribution is 2.35. The third-order valence-corrected chi connectivity index (χ3v) is 2.76. The first-order valence-electron chi connectivity index (χ1n) is 5.84. The van der Waals surface area contributed by atoms with Crippen LogP contribution in [0.25, 0.3) is 11.5 Å². The van der Waals surface area contributed by atoms with Gasteiger partial charge in [0.15, 0.2) is 0 Å². The Balaban J connectivity index is 2.60. The van der Waals surface area contributed by atoms with Crippen LogP contribution in [0.15, 0.2) is 22.6 Å². The zero-order valence-corrected chi connectivity index (χ0v) is 10.7. The maximum absolute atomic E-state index is 13.9. The van der Waals surface area contributed by atoms with E-state index in [2.05, 4.69) is 4.98 Å². The Morgan fingerprint density at radius 3 is 2.52 bits per heavy atom. The fraction of sp³-hybridized carbons (Fsp3) is 0.231. The number of nitrogens with zero attached hydrogens (tertiary/aromatic N) is 1. The number of carbonyl (C=O) groups is 1. The van der Waals surface area contributed by atoms with Gasteiger partial charge in [-0.1, -0.05) is 13.0 Å². The summed E-state index contributed by atoms with van der Waals surface area (Å²) in [5.41, 5.74) is -1.96. The highest BCUT2D eigenvalue weighted by Gasteiger charge is 2.35. The zero-order chi connectivity index (χ0) is 15.8. The molecule has 1 aromatic heterocycles. The standard InChI is InChI=1S/C13H9F4NO3/c1-2-8-10(12(19)20)21-11(18-8)6-4-3-5-7(9(6)14)13(15,16)17/h3-5H,2H2,1H3,(H,19,20). The second kappa shape index (κ2) is 5.19. The molecule has 8 heteroatoms. The van der Waals surface area contributed by atoms with Crippen LogP contribution >= 0.6 is 0 Å². The Morgan fingerprint density at radius 2 is 2.05 bits per heavy atom. The topological polar surface area (TPSA) is 63.3 Å². The average Bonchev–Trinajstić information content (AvgIpc) is 2.81. The van der Waals surface area contributed by atoms with Gasteiger partial charge in [0.1, 0.15) is 5.82 Å². The molecule has 1 heterocycles. The van der Waals surface area contributed by atoms with Gasteiger partial charge in [-0.15, -0.1) is 0 Å². The fourth-order valence-electron chi connectivity index (χ4n) is 1.79. The van der Waals surface area contributed by atoms with E-state index in [-0.39, 0.29) is 12.1 Å². The van der Waals surface area contributed by atoms with Crippen molar-refractivity contribution in [1.82, 2.24) is 4.98 Å². The van der Waals surface area contributed by atoms with Crippen molar-refractivity contribution in [2.75, 3.05) is 0 Å². The molecule has 0 aliphatic heterocycles. The Hall–Kier alpha value is -2.38. The summed E-state index contributed by atoms with van der Waals surface area (Å²) in [6.07, 6.45) is -4.68. The first-order chi connectivity index (χ1) is 9.75. The van der Waals surface area contributed by atoms with Crippen LogP contribution in [0.1, 0.15) is 28.7 Å². The normalized spacial score (nSPS) is 11.7. The molecule has 21 heavy (non-hydrogen) atoms. The molecule has 1 aromatic carbocycles. The van der Waals surface area contributed by atoms with Gasteiger partial charge in [0.2, 0.25) is 11.7 Å². The van der Waals surface area contributed by atoms with Crippen LogP contribution < -0.4 is 0 Å². The van der Waals surface area contributed by atoms with Crippen molar-refractivity contribution < 1.29 is 31.9 Å². The summed E-state index contributed by atoms with van der Waals surface area (Å²) in [6.45, 7) is 1.59. The molecular weight excluding hydrogens is 294 g/mol. The lowest BCUT2D eigenvalue weighted by molar-refractivity contribution is -0.139. The lowest BCUT2D eigenvalue weighted by atomic mass is 10.1. The number of carboxylic acid groups (broad SMARTS) is 1. The second-order valence-corrected chi connectivity index (χ2v) is 4.12. The van der Waals surface area contributed by atoms with Crippen LogP contribution in [0.4, 0.5) is 17.6 Å². The molecule has 0 amide bonds. The number of aromatic carboxylic acids is 1. The maximum atomic E-state index is 13.9. The van der Waals surface area contributed by atoms with Gasteiger partial charge < -0.3 is 9.52 Å². The van der Waals surface area contributed by atoms with E-state index in [0.717, 1.165) is 12.1 Å². The smallest absolute Gasteiger partial charge is 0.419 e. The number of alkyl halides is 3. The van der Waals surface area contributed by atoms with Crippen molar-refractivity contribution in [2.24, 2.45) is 0 Å². The highest BCUT2D eigenvalue weighted by atomic mass is 19.4. The van der Waals surface area contributed by atoms with E-state index in [4.69, 9.17) is 9.52 Å². The first kappa shape index (κ1) is 15.0. The van der Waals surface area contributed by atoms with E-state index in [9.17, 15) is 22.4 Å². The van der Waals surface area contributed by atoms with E-state index in [1.54, 1.807) is 6.92 Å². The molecule has 0 atom stereocenters. The number of halogens is 4. The Kier molecular flexibility index (Phi) is 3.71. The lowest BCUT2D eigenvalue weighted by Gasteiger charge is -2.09. The van der Waals surface area contributed by atoms with Crippen molar-refractivity contribution in [3.63, 3.8) is 0 Å². The number of carboxylic acids is 1. The summed E-state index contributed by atoms with van der Waals surface area (Å²) in [6, 6.07) is 2.62. The van der Waals surface area contributed by atoms with E-state index in [1.165, 1.54) is 0 Å². The Labute approximate surface area is 116 Å². The molecule has 112 valence electrons. The molecule has 2 rings (SSSR count). The van der Waals surface area contributed by atoms with Crippen molar-refractivity contribution in [3.8, 4) is 11.5 Å². The number of hydrogen-bond acceptors (Lipinski definition) is 3. The fourth-order valence-corrected chi connectivity index (χ4v) is 1.79. The molecule has 0 bridgehead atoms. The van der Waals surface area contributed by atoms with Gasteiger partial charge in [0.25, 0.3) is 0 Å². The van der Waals surface area contributed by atoms with Crippen molar-refractivity contribution in [3.05, 3.63) is 41.0 Å². The van der Waals surface area contributed by atoms with Gasteiger partial charge >= 0.3 is 12.1 Å². The van der Waals surface area contributed by atoms with Crippen LogP contribution in [0.3, 0.4) is 0 Å². The van der Waals surface area contributed by atoms with Crippen LogP contribution in [0.5, 0.6) is 0 Å². The first-order valence-corrected chi connectivity index (χ1v) is 5.84. The average molecular weight is 303 g/mol. The molecule has 0 spiro atoms.